The molecule has 0 atom stereocenters. The van der Waals surface area contributed by atoms with Crippen LogP contribution < -0.4 is 0 Å². The second-order valence-corrected chi connectivity index (χ2v) is 2.87. The van der Waals surface area contributed by atoms with Crippen molar-refractivity contribution in [2.45, 2.75) is 4.85 Å². The molecule has 1 aliphatic carbocycles. The first kappa shape index (κ1) is 6.07. The van der Waals surface area contributed by atoms with Crippen molar-refractivity contribution in [3.63, 3.8) is 0 Å². The number of aliphatic hydroxyl groups excluding tert-OH is 1. The molecule has 0 saturated carbocycles. The zero-order chi connectivity index (χ0) is 5.82. The molecule has 0 aromatic heterocycles. The molecule has 2 heteroatoms. The average Bonchev–Trinajstić information content (AvgIpc) is 2.19. The topological polar surface area (TPSA) is 20.2 Å². The molecule has 0 saturated heterocycles. The molecule has 1 rings (SSSR count). The molecule has 8 heavy (non-hydrogen) atoms. The van der Waals surface area contributed by atoms with Crippen molar-refractivity contribution in [1.82, 2.24) is 0 Å². The van der Waals surface area contributed by atoms with Crippen LogP contribution in [-0.4, -0.2) is 10.6 Å². The third kappa shape index (κ3) is 1.47. The van der Waals surface area contributed by atoms with E-state index in [0.717, 1.165) is 14.7 Å². The summed E-state index contributed by atoms with van der Waals surface area (Å²) in [5.74, 6) is 0. The Kier molecular flexibility index (Phi) is 2.33. The summed E-state index contributed by atoms with van der Waals surface area (Å²) in [5, 5.41) is 8.44. The first-order valence-electron chi connectivity index (χ1n) is 2.41. The monoisotopic (exact) mass is 155 g/mol. The van der Waals surface area contributed by atoms with Crippen LogP contribution in [0.25, 0.3) is 0 Å². The van der Waals surface area contributed by atoms with Crippen molar-refractivity contribution in [2.75, 3.05) is 5.54 Å². The Morgan fingerprint density at radius 2 is 2.00 bits per heavy atom. The van der Waals surface area contributed by atoms with E-state index in [4.69, 9.17) is 5.11 Å². The van der Waals surface area contributed by atoms with Crippen LogP contribution in [0.4, 0.5) is 0 Å². The van der Waals surface area contributed by atoms with Gasteiger partial charge in [0, 0.05) is 0 Å². The van der Waals surface area contributed by atoms with Crippen molar-refractivity contribution < 1.29 is 19.8 Å². The van der Waals surface area contributed by atoms with Gasteiger partial charge in [0.05, 0.1) is 0 Å². The van der Waals surface area contributed by atoms with Crippen LogP contribution in [-0.2, 0) is 14.7 Å². The van der Waals surface area contributed by atoms with Crippen LogP contribution in [0.3, 0.4) is 0 Å². The first-order chi connectivity index (χ1) is 3.93. The number of hydrogen-bond donors (Lipinski definition) is 1. The van der Waals surface area contributed by atoms with Gasteiger partial charge in [-0.3, -0.25) is 0 Å². The van der Waals surface area contributed by atoms with Gasteiger partial charge in [-0.25, -0.2) is 0 Å². The van der Waals surface area contributed by atoms with E-state index >= 15 is 0 Å². The molecule has 1 N–H and O–H groups in total. The van der Waals surface area contributed by atoms with Crippen LogP contribution in [0.1, 0.15) is 0 Å². The Bertz CT molecular complexity index is 106. The van der Waals surface area contributed by atoms with Crippen LogP contribution in [0.2, 0.25) is 4.85 Å². The van der Waals surface area contributed by atoms with E-state index in [9.17, 15) is 0 Å². The molecule has 0 aromatic carbocycles. The fraction of sp³-hybridized carbons (Fsp3) is 0.333. The summed E-state index contributed by atoms with van der Waals surface area (Å²) >= 11 is 1.11. The van der Waals surface area contributed by atoms with Gasteiger partial charge in [0.2, 0.25) is 0 Å². The predicted molar refractivity (Wildman–Crippen MR) is 29.1 cm³/mol. The Balaban J connectivity index is 2.27. The minimum atomic E-state index is 0.260. The van der Waals surface area contributed by atoms with Gasteiger partial charge in [0.25, 0.3) is 0 Å². The predicted octanol–water partition coefficient (Wildman–Crippen LogP) is 0.933. The van der Waals surface area contributed by atoms with Gasteiger partial charge >= 0.3 is 54.5 Å². The van der Waals surface area contributed by atoms with E-state index in [1.54, 1.807) is 0 Å². The van der Waals surface area contributed by atoms with E-state index in [0.29, 0.717) is 4.85 Å². The standard InChI is InChI=1S/C5H5.CH3O.Co/c1-2-4-5-3-1;1-2;/h1-5H;2H,1H2;. The van der Waals surface area contributed by atoms with Gasteiger partial charge in [-0.2, -0.15) is 0 Å². The van der Waals surface area contributed by atoms with E-state index in [1.807, 2.05) is 12.2 Å². The molecule has 0 fully saturated rings. The van der Waals surface area contributed by atoms with Gasteiger partial charge in [-0.05, 0) is 0 Å². The summed E-state index contributed by atoms with van der Waals surface area (Å²) in [4.78, 5) is 0.469. The Morgan fingerprint density at radius 1 is 1.38 bits per heavy atom. The number of hydrogen-bond acceptors (Lipinski definition) is 1. The van der Waals surface area contributed by atoms with Crippen LogP contribution in [0.15, 0.2) is 24.3 Å². The van der Waals surface area contributed by atoms with Gasteiger partial charge < -0.3 is 0 Å². The van der Waals surface area contributed by atoms with Gasteiger partial charge in [-0.15, -0.1) is 0 Å². The molecule has 0 aliphatic heterocycles. The third-order valence-corrected chi connectivity index (χ3v) is 1.98. The van der Waals surface area contributed by atoms with Crippen LogP contribution in [0.5, 0.6) is 0 Å². The molecule has 1 nitrogen and oxygen atoms in total. The molecule has 0 unspecified atom stereocenters. The number of allylic oxidation sites excluding steroid dienone is 4. The van der Waals surface area contributed by atoms with Gasteiger partial charge in [0.1, 0.15) is 0 Å². The molecule has 0 bridgehead atoms. The summed E-state index contributed by atoms with van der Waals surface area (Å²) in [7, 11) is 0. The second-order valence-electron chi connectivity index (χ2n) is 1.43. The molecule has 0 aromatic rings. The number of aliphatic hydroxyl groups is 1. The normalized spacial score (nSPS) is 18.6. The maximum atomic E-state index is 8.44. The molecule has 0 radical (unpaired) electrons. The minimum absolute atomic E-state index is 0.260. The van der Waals surface area contributed by atoms with Crippen LogP contribution >= 0.6 is 0 Å². The summed E-state index contributed by atoms with van der Waals surface area (Å²) in [5.41, 5.74) is 0.260. The van der Waals surface area contributed by atoms with E-state index in [-0.39, 0.29) is 5.54 Å². The molecular formula is C6H8CoO. The SMILES string of the molecule is O[CH2][Co][CH]1C=CC=C1. The quantitative estimate of drug-likeness (QED) is 0.628. The molecule has 1 aliphatic rings. The average molecular weight is 155 g/mol. The van der Waals surface area contributed by atoms with Gasteiger partial charge in [0.15, 0.2) is 0 Å². The van der Waals surface area contributed by atoms with Crippen molar-refractivity contribution in [3.05, 3.63) is 24.3 Å². The zero-order valence-electron chi connectivity index (χ0n) is 4.37. The first-order valence-corrected chi connectivity index (χ1v) is 3.75. The fourth-order valence-electron chi connectivity index (χ4n) is 0.556. The Hall–Kier alpha value is -0.0535. The summed E-state index contributed by atoms with van der Waals surface area (Å²) < 4.78 is 0. The Labute approximate surface area is 55.1 Å². The molecule has 0 spiro atoms. The van der Waals surface area contributed by atoms with E-state index < -0.39 is 0 Å². The van der Waals surface area contributed by atoms with E-state index in [2.05, 4.69) is 12.2 Å². The van der Waals surface area contributed by atoms with Gasteiger partial charge in [-0.1, -0.05) is 0 Å². The van der Waals surface area contributed by atoms with Crippen molar-refractivity contribution in [3.8, 4) is 0 Å². The fourth-order valence-corrected chi connectivity index (χ4v) is 1.29. The van der Waals surface area contributed by atoms with Crippen LogP contribution in [0, 0.1) is 0 Å². The van der Waals surface area contributed by atoms with Crippen molar-refractivity contribution in [1.29, 1.82) is 0 Å². The number of rotatable bonds is 2. The summed E-state index contributed by atoms with van der Waals surface area (Å²) in [6.07, 6.45) is 8.17. The van der Waals surface area contributed by atoms with Crippen molar-refractivity contribution in [2.24, 2.45) is 0 Å². The second kappa shape index (κ2) is 3.07. The molecule has 47 valence electrons. The summed E-state index contributed by atoms with van der Waals surface area (Å²) in [6.45, 7) is 0. The molecule has 0 heterocycles. The van der Waals surface area contributed by atoms with Crippen molar-refractivity contribution >= 4 is 0 Å². The maximum absolute atomic E-state index is 8.44. The van der Waals surface area contributed by atoms with E-state index in [1.165, 1.54) is 0 Å². The molecular weight excluding hydrogens is 147 g/mol. The molecule has 0 amide bonds. The third-order valence-electron chi connectivity index (χ3n) is 0.902. The Morgan fingerprint density at radius 3 is 2.50 bits per heavy atom. The summed E-state index contributed by atoms with van der Waals surface area (Å²) in [6, 6.07) is 0. The zero-order valence-corrected chi connectivity index (χ0v) is 5.42.